The van der Waals surface area contributed by atoms with E-state index in [1.807, 2.05) is 19.0 Å². The number of carbonyl (C=O) groups excluding carboxylic acids is 1. The topological polar surface area (TPSA) is 70.6 Å². The molecule has 1 aromatic heterocycles. The molecule has 0 aliphatic heterocycles. The minimum atomic E-state index is -3.43. The molecule has 0 atom stereocenters. The van der Waals surface area contributed by atoms with Crippen LogP contribution in [0.5, 0.6) is 0 Å². The van der Waals surface area contributed by atoms with Gasteiger partial charge >= 0.3 is 0 Å². The maximum Gasteiger partial charge on any atom is 0.260 e. The number of fused-ring (bicyclic) bond motifs is 1. The standard InChI is InChI=1S/C20H22FN3O3S2/c1-4-29(26,27)16-7-5-6-14(12-16)19(25)24(11-10-23(2)3)20-22-17-9-8-15(21)13-18(17)28-20/h5-9,12-13H,4,10-11H2,1-3H3. The Morgan fingerprint density at radius 3 is 2.59 bits per heavy atom. The highest BCUT2D eigenvalue weighted by atomic mass is 32.2. The molecule has 29 heavy (non-hydrogen) atoms. The lowest BCUT2D eigenvalue weighted by Crippen LogP contribution is -2.36. The molecule has 6 nitrogen and oxygen atoms in total. The van der Waals surface area contributed by atoms with Crippen molar-refractivity contribution in [2.24, 2.45) is 0 Å². The number of sulfone groups is 1. The molecule has 0 saturated heterocycles. The minimum absolute atomic E-state index is 0.0432. The van der Waals surface area contributed by atoms with Gasteiger partial charge in [-0.1, -0.05) is 24.3 Å². The van der Waals surface area contributed by atoms with Gasteiger partial charge in [0.2, 0.25) is 0 Å². The molecule has 9 heteroatoms. The normalized spacial score (nSPS) is 11.9. The second-order valence-corrected chi connectivity index (χ2v) is 10.1. The molecule has 0 fully saturated rings. The van der Waals surface area contributed by atoms with Crippen molar-refractivity contribution in [1.29, 1.82) is 0 Å². The van der Waals surface area contributed by atoms with E-state index in [1.165, 1.54) is 40.5 Å². The van der Waals surface area contributed by atoms with E-state index in [-0.39, 0.29) is 27.9 Å². The number of rotatable bonds is 7. The number of carbonyl (C=O) groups is 1. The average molecular weight is 436 g/mol. The number of thiazole rings is 1. The van der Waals surface area contributed by atoms with Gasteiger partial charge < -0.3 is 4.90 Å². The fraction of sp³-hybridized carbons (Fsp3) is 0.300. The van der Waals surface area contributed by atoms with E-state index in [0.717, 1.165) is 0 Å². The Balaban J connectivity index is 2.02. The number of hydrogen-bond donors (Lipinski definition) is 0. The van der Waals surface area contributed by atoms with Crippen LogP contribution in [0.1, 0.15) is 17.3 Å². The number of nitrogens with zero attached hydrogens (tertiary/aromatic N) is 3. The Labute approximate surface area is 173 Å². The molecule has 0 spiro atoms. The molecule has 0 N–H and O–H groups in total. The Morgan fingerprint density at radius 2 is 1.90 bits per heavy atom. The molecular formula is C20H22FN3O3S2. The van der Waals surface area contributed by atoms with Crippen molar-refractivity contribution in [3.05, 3.63) is 53.8 Å². The summed E-state index contributed by atoms with van der Waals surface area (Å²) in [6, 6.07) is 10.3. The van der Waals surface area contributed by atoms with Crippen molar-refractivity contribution >= 4 is 42.4 Å². The molecule has 0 unspecified atom stereocenters. The number of amides is 1. The zero-order chi connectivity index (χ0) is 21.2. The van der Waals surface area contributed by atoms with Crippen LogP contribution in [-0.4, -0.2) is 57.1 Å². The lowest BCUT2D eigenvalue weighted by molar-refractivity contribution is 0.0985. The summed E-state index contributed by atoms with van der Waals surface area (Å²) in [6.45, 7) is 2.51. The van der Waals surface area contributed by atoms with Crippen molar-refractivity contribution in [2.45, 2.75) is 11.8 Å². The van der Waals surface area contributed by atoms with E-state index in [2.05, 4.69) is 4.98 Å². The summed E-state index contributed by atoms with van der Waals surface area (Å²) < 4.78 is 38.6. The second kappa shape index (κ2) is 8.56. The molecule has 0 aliphatic carbocycles. The number of benzene rings is 2. The minimum Gasteiger partial charge on any atom is -0.308 e. The maximum atomic E-state index is 13.5. The summed E-state index contributed by atoms with van der Waals surface area (Å²) >= 11 is 1.23. The zero-order valence-corrected chi connectivity index (χ0v) is 18.1. The molecular weight excluding hydrogens is 413 g/mol. The molecule has 0 aliphatic rings. The predicted molar refractivity (Wildman–Crippen MR) is 114 cm³/mol. The predicted octanol–water partition coefficient (Wildman–Crippen LogP) is 3.44. The SMILES string of the molecule is CCS(=O)(=O)c1cccc(C(=O)N(CCN(C)C)c2nc3ccc(F)cc3s2)c1. The summed E-state index contributed by atoms with van der Waals surface area (Å²) in [5, 5.41) is 0.446. The molecule has 3 rings (SSSR count). The first kappa shape index (κ1) is 21.4. The van der Waals surface area contributed by atoms with Crippen LogP contribution >= 0.6 is 11.3 Å². The lowest BCUT2D eigenvalue weighted by atomic mass is 10.2. The summed E-state index contributed by atoms with van der Waals surface area (Å²) in [6.07, 6.45) is 0. The van der Waals surface area contributed by atoms with Crippen LogP contribution in [0, 0.1) is 5.82 Å². The second-order valence-electron chi connectivity index (χ2n) is 6.80. The molecule has 1 heterocycles. The van der Waals surface area contributed by atoms with Gasteiger partial charge in [0.1, 0.15) is 5.82 Å². The molecule has 2 aromatic carbocycles. The summed E-state index contributed by atoms with van der Waals surface area (Å²) in [7, 11) is 0.358. The first-order valence-corrected chi connectivity index (χ1v) is 11.5. The highest BCUT2D eigenvalue weighted by Gasteiger charge is 2.23. The van der Waals surface area contributed by atoms with Gasteiger partial charge in [0, 0.05) is 18.7 Å². The Morgan fingerprint density at radius 1 is 1.14 bits per heavy atom. The summed E-state index contributed by atoms with van der Waals surface area (Å²) in [5.41, 5.74) is 0.875. The summed E-state index contributed by atoms with van der Waals surface area (Å²) in [5.74, 6) is -0.755. The Kier molecular flexibility index (Phi) is 6.30. The van der Waals surface area contributed by atoms with Crippen LogP contribution < -0.4 is 4.90 Å². The maximum absolute atomic E-state index is 13.5. The smallest absolute Gasteiger partial charge is 0.260 e. The third kappa shape index (κ3) is 4.80. The van der Waals surface area contributed by atoms with Gasteiger partial charge in [-0.05, 0) is 50.5 Å². The van der Waals surface area contributed by atoms with Crippen molar-refractivity contribution in [1.82, 2.24) is 9.88 Å². The fourth-order valence-electron chi connectivity index (χ4n) is 2.73. The largest absolute Gasteiger partial charge is 0.308 e. The van der Waals surface area contributed by atoms with Crippen LogP contribution in [0.3, 0.4) is 0 Å². The van der Waals surface area contributed by atoms with Gasteiger partial charge in [0.15, 0.2) is 15.0 Å². The van der Waals surface area contributed by atoms with Gasteiger partial charge in [0.05, 0.1) is 20.9 Å². The monoisotopic (exact) mass is 435 g/mol. The van der Waals surface area contributed by atoms with Crippen molar-refractivity contribution in [2.75, 3.05) is 37.8 Å². The molecule has 3 aromatic rings. The van der Waals surface area contributed by atoms with Crippen LogP contribution in [0.4, 0.5) is 9.52 Å². The van der Waals surface area contributed by atoms with Gasteiger partial charge in [-0.25, -0.2) is 17.8 Å². The van der Waals surface area contributed by atoms with E-state index < -0.39 is 9.84 Å². The fourth-order valence-corrected chi connectivity index (χ4v) is 4.67. The highest BCUT2D eigenvalue weighted by molar-refractivity contribution is 7.91. The number of aromatic nitrogens is 1. The van der Waals surface area contributed by atoms with Crippen molar-refractivity contribution in [3.63, 3.8) is 0 Å². The number of hydrogen-bond acceptors (Lipinski definition) is 6. The first-order chi connectivity index (χ1) is 13.7. The molecule has 0 radical (unpaired) electrons. The molecule has 154 valence electrons. The Hall–Kier alpha value is -2.36. The lowest BCUT2D eigenvalue weighted by Gasteiger charge is -2.22. The van der Waals surface area contributed by atoms with E-state index in [9.17, 15) is 17.6 Å². The van der Waals surface area contributed by atoms with Crippen LogP contribution in [0.15, 0.2) is 47.4 Å². The third-order valence-corrected chi connectivity index (χ3v) is 7.18. The zero-order valence-electron chi connectivity index (χ0n) is 16.4. The van der Waals surface area contributed by atoms with Gasteiger partial charge in [-0.2, -0.15) is 0 Å². The number of halogens is 1. The van der Waals surface area contributed by atoms with Crippen LogP contribution in [-0.2, 0) is 9.84 Å². The van der Waals surface area contributed by atoms with E-state index >= 15 is 0 Å². The number of likely N-dealkylation sites (N-methyl/N-ethyl adjacent to an activating group) is 1. The third-order valence-electron chi connectivity index (χ3n) is 4.41. The van der Waals surface area contributed by atoms with E-state index in [4.69, 9.17) is 0 Å². The summed E-state index contributed by atoms with van der Waals surface area (Å²) in [4.78, 5) is 21.3. The van der Waals surface area contributed by atoms with Gasteiger partial charge in [-0.3, -0.25) is 9.69 Å². The van der Waals surface area contributed by atoms with E-state index in [0.29, 0.717) is 28.4 Å². The highest BCUT2D eigenvalue weighted by Crippen LogP contribution is 2.30. The van der Waals surface area contributed by atoms with Gasteiger partial charge in [-0.15, -0.1) is 0 Å². The van der Waals surface area contributed by atoms with Gasteiger partial charge in [0.25, 0.3) is 5.91 Å². The van der Waals surface area contributed by atoms with Crippen LogP contribution in [0.25, 0.3) is 10.2 Å². The molecule has 1 amide bonds. The van der Waals surface area contributed by atoms with Crippen molar-refractivity contribution < 1.29 is 17.6 Å². The molecule has 0 saturated carbocycles. The van der Waals surface area contributed by atoms with Crippen molar-refractivity contribution in [3.8, 4) is 0 Å². The Bertz CT molecular complexity index is 1140. The molecule has 0 bridgehead atoms. The quantitative estimate of drug-likeness (QED) is 0.569. The average Bonchev–Trinajstić information content (AvgIpc) is 3.10. The number of anilines is 1. The van der Waals surface area contributed by atoms with Crippen LogP contribution in [0.2, 0.25) is 0 Å². The first-order valence-electron chi connectivity index (χ1n) is 9.07. The van der Waals surface area contributed by atoms with E-state index in [1.54, 1.807) is 25.1 Å².